The summed E-state index contributed by atoms with van der Waals surface area (Å²) in [5.41, 5.74) is 0. The van der Waals surface area contributed by atoms with Crippen molar-refractivity contribution in [1.29, 1.82) is 0 Å². The van der Waals surface area contributed by atoms with Gasteiger partial charge in [-0.2, -0.15) is 4.31 Å². The van der Waals surface area contributed by atoms with Gasteiger partial charge in [-0.15, -0.1) is 11.8 Å². The normalized spacial score (nSPS) is 11.5. The Morgan fingerprint density at radius 3 is 2.50 bits per heavy atom. The second-order valence-electron chi connectivity index (χ2n) is 3.45. The van der Waals surface area contributed by atoms with Crippen molar-refractivity contribution in [3.05, 3.63) is 0 Å². The van der Waals surface area contributed by atoms with E-state index in [0.29, 0.717) is 12.3 Å². The molecule has 0 spiro atoms. The summed E-state index contributed by atoms with van der Waals surface area (Å²) in [5.74, 6) is -0.890. The van der Waals surface area contributed by atoms with Gasteiger partial charge in [0.2, 0.25) is 15.9 Å². The molecule has 1 amide bonds. The number of carboxylic acid groups (broad SMARTS) is 1. The van der Waals surface area contributed by atoms with Gasteiger partial charge in [0.25, 0.3) is 0 Å². The fraction of sp³-hybridized carbons (Fsp3) is 0.778. The van der Waals surface area contributed by atoms with Gasteiger partial charge in [-0.05, 0) is 6.92 Å². The molecule has 0 aromatic heterocycles. The summed E-state index contributed by atoms with van der Waals surface area (Å²) in [7, 11) is -2.01. The Morgan fingerprint density at radius 1 is 1.39 bits per heavy atom. The zero-order valence-electron chi connectivity index (χ0n) is 10.4. The highest BCUT2D eigenvalue weighted by atomic mass is 32.2. The predicted molar refractivity (Wildman–Crippen MR) is 70.1 cm³/mol. The Balaban J connectivity index is 3.82. The van der Waals surface area contributed by atoms with Crippen LogP contribution in [0.25, 0.3) is 0 Å². The number of amides is 1. The van der Waals surface area contributed by atoms with Crippen molar-refractivity contribution in [3.8, 4) is 0 Å². The minimum absolute atomic E-state index is 0.0139. The van der Waals surface area contributed by atoms with Gasteiger partial charge < -0.3 is 10.4 Å². The predicted octanol–water partition coefficient (Wildman–Crippen LogP) is -0.798. The number of carbonyl (C=O) groups excluding carboxylic acids is 1. The summed E-state index contributed by atoms with van der Waals surface area (Å²) < 4.78 is 23.7. The first kappa shape index (κ1) is 17.2. The third-order valence-electron chi connectivity index (χ3n) is 2.00. The Labute approximate surface area is 111 Å². The zero-order chi connectivity index (χ0) is 14.2. The van der Waals surface area contributed by atoms with E-state index in [9.17, 15) is 18.0 Å². The smallest absolute Gasteiger partial charge is 0.313 e. The number of hydrogen-bond donors (Lipinski definition) is 2. The zero-order valence-corrected chi connectivity index (χ0v) is 12.0. The third kappa shape index (κ3) is 7.51. The van der Waals surface area contributed by atoms with Crippen molar-refractivity contribution in [3.63, 3.8) is 0 Å². The molecular formula is C9H18N2O5S2. The van der Waals surface area contributed by atoms with Gasteiger partial charge >= 0.3 is 5.97 Å². The average Bonchev–Trinajstić information content (AvgIpc) is 2.27. The minimum atomic E-state index is -3.35. The first-order chi connectivity index (χ1) is 8.29. The average molecular weight is 298 g/mol. The molecule has 0 radical (unpaired) electrons. The number of nitrogens with one attached hydrogen (secondary N) is 1. The van der Waals surface area contributed by atoms with Crippen LogP contribution in [0.3, 0.4) is 0 Å². The lowest BCUT2D eigenvalue weighted by Crippen LogP contribution is -2.39. The van der Waals surface area contributed by atoms with Gasteiger partial charge in [0.1, 0.15) is 0 Å². The van der Waals surface area contributed by atoms with E-state index >= 15 is 0 Å². The maximum absolute atomic E-state index is 11.4. The van der Waals surface area contributed by atoms with Gasteiger partial charge in [0.05, 0.1) is 18.1 Å². The Bertz CT molecular complexity index is 382. The van der Waals surface area contributed by atoms with Crippen LogP contribution in [0.5, 0.6) is 0 Å². The molecule has 18 heavy (non-hydrogen) atoms. The summed E-state index contributed by atoms with van der Waals surface area (Å²) in [6.45, 7) is 1.60. The number of sulfonamides is 1. The van der Waals surface area contributed by atoms with E-state index in [-0.39, 0.29) is 18.1 Å². The summed E-state index contributed by atoms with van der Waals surface area (Å²) in [6, 6.07) is 0. The Kier molecular flexibility index (Phi) is 7.96. The maximum Gasteiger partial charge on any atom is 0.313 e. The molecule has 0 aromatic carbocycles. The summed E-state index contributed by atoms with van der Waals surface area (Å²) in [5, 5.41) is 10.9. The molecule has 0 saturated carbocycles. The van der Waals surface area contributed by atoms with Gasteiger partial charge in [0, 0.05) is 19.3 Å². The molecule has 0 aliphatic rings. The van der Waals surface area contributed by atoms with Crippen LogP contribution in [0.2, 0.25) is 0 Å². The summed E-state index contributed by atoms with van der Waals surface area (Å²) in [4.78, 5) is 21.6. The van der Waals surface area contributed by atoms with Crippen LogP contribution in [0.15, 0.2) is 0 Å². The second kappa shape index (κ2) is 8.33. The standard InChI is InChI=1S/C9H18N2O5S2/c1-3-18(15,16)11(2)6-8(12)10-4-5-17-7-9(13)14/h3-7H2,1-2H3,(H,10,12)(H,13,14). The lowest BCUT2D eigenvalue weighted by molar-refractivity contribution is -0.133. The Morgan fingerprint density at radius 2 is 2.00 bits per heavy atom. The molecule has 9 heteroatoms. The molecule has 0 fully saturated rings. The van der Waals surface area contributed by atoms with Crippen molar-refractivity contribution >= 4 is 33.7 Å². The lowest BCUT2D eigenvalue weighted by Gasteiger charge is -2.15. The number of aliphatic carboxylic acids is 1. The molecule has 0 aliphatic carbocycles. The minimum Gasteiger partial charge on any atom is -0.481 e. The van der Waals surface area contributed by atoms with Crippen LogP contribution in [0, 0.1) is 0 Å². The number of nitrogens with zero attached hydrogens (tertiary/aromatic N) is 1. The quantitative estimate of drug-likeness (QED) is 0.540. The van der Waals surface area contributed by atoms with Crippen molar-refractivity contribution in [2.75, 3.05) is 37.4 Å². The van der Waals surface area contributed by atoms with Crippen LogP contribution < -0.4 is 5.32 Å². The molecule has 7 nitrogen and oxygen atoms in total. The topological polar surface area (TPSA) is 104 Å². The molecule has 0 saturated heterocycles. The van der Waals surface area contributed by atoms with E-state index in [4.69, 9.17) is 5.11 Å². The van der Waals surface area contributed by atoms with E-state index in [1.807, 2.05) is 0 Å². The van der Waals surface area contributed by atoms with Crippen LogP contribution in [0.4, 0.5) is 0 Å². The molecule has 0 heterocycles. The fourth-order valence-electron chi connectivity index (χ4n) is 0.999. The van der Waals surface area contributed by atoms with Crippen molar-refractivity contribution in [2.24, 2.45) is 0 Å². The number of carbonyl (C=O) groups is 2. The van der Waals surface area contributed by atoms with Gasteiger partial charge in [-0.25, -0.2) is 8.42 Å². The summed E-state index contributed by atoms with van der Waals surface area (Å²) in [6.07, 6.45) is 0. The van der Waals surface area contributed by atoms with Crippen molar-refractivity contribution < 1.29 is 23.1 Å². The van der Waals surface area contributed by atoms with E-state index in [1.165, 1.54) is 25.7 Å². The number of carboxylic acids is 1. The highest BCUT2D eigenvalue weighted by Gasteiger charge is 2.17. The molecule has 0 bridgehead atoms. The monoisotopic (exact) mass is 298 g/mol. The SMILES string of the molecule is CCS(=O)(=O)N(C)CC(=O)NCCSCC(=O)O. The van der Waals surface area contributed by atoms with Crippen LogP contribution in [0.1, 0.15) is 6.92 Å². The molecule has 2 N–H and O–H groups in total. The van der Waals surface area contributed by atoms with Gasteiger partial charge in [-0.3, -0.25) is 9.59 Å². The first-order valence-electron chi connectivity index (χ1n) is 5.29. The molecule has 0 rings (SSSR count). The maximum atomic E-state index is 11.4. The highest BCUT2D eigenvalue weighted by Crippen LogP contribution is 1.98. The fourth-order valence-corrected chi connectivity index (χ4v) is 2.32. The van der Waals surface area contributed by atoms with E-state index in [2.05, 4.69) is 5.32 Å². The molecule has 0 aromatic rings. The van der Waals surface area contributed by atoms with Crippen LogP contribution in [-0.2, 0) is 19.6 Å². The van der Waals surface area contributed by atoms with E-state index in [1.54, 1.807) is 0 Å². The lowest BCUT2D eigenvalue weighted by atomic mass is 10.5. The Hall–Kier alpha value is -0.800. The van der Waals surface area contributed by atoms with Crippen LogP contribution >= 0.6 is 11.8 Å². The molecule has 0 unspecified atom stereocenters. The summed E-state index contributed by atoms with van der Waals surface area (Å²) >= 11 is 1.19. The largest absolute Gasteiger partial charge is 0.481 e. The third-order valence-corrected chi connectivity index (χ3v) is 4.75. The van der Waals surface area contributed by atoms with Crippen molar-refractivity contribution in [1.82, 2.24) is 9.62 Å². The van der Waals surface area contributed by atoms with E-state index in [0.717, 1.165) is 4.31 Å². The number of hydrogen-bond acceptors (Lipinski definition) is 5. The van der Waals surface area contributed by atoms with Gasteiger partial charge in [-0.1, -0.05) is 0 Å². The van der Waals surface area contributed by atoms with Gasteiger partial charge in [0.15, 0.2) is 0 Å². The number of rotatable bonds is 9. The number of likely N-dealkylation sites (N-methyl/N-ethyl adjacent to an activating group) is 1. The molecule has 0 aliphatic heterocycles. The second-order valence-corrected chi connectivity index (χ2v) is 6.92. The molecular weight excluding hydrogens is 280 g/mol. The van der Waals surface area contributed by atoms with Crippen molar-refractivity contribution in [2.45, 2.75) is 6.92 Å². The molecule has 0 atom stereocenters. The molecule has 106 valence electrons. The first-order valence-corrected chi connectivity index (χ1v) is 8.06. The number of thioether (sulfide) groups is 1. The van der Waals surface area contributed by atoms with Crippen LogP contribution in [-0.4, -0.2) is 67.1 Å². The van der Waals surface area contributed by atoms with E-state index < -0.39 is 21.9 Å². The highest BCUT2D eigenvalue weighted by molar-refractivity contribution is 7.99.